The number of amides is 1. The third-order valence-corrected chi connectivity index (χ3v) is 6.01. The molecule has 28 heavy (non-hydrogen) atoms. The van der Waals surface area contributed by atoms with Gasteiger partial charge in [0.15, 0.2) is 5.65 Å². The summed E-state index contributed by atoms with van der Waals surface area (Å²) in [6.07, 6.45) is -0.495. The Bertz CT molecular complexity index is 1060. The van der Waals surface area contributed by atoms with Gasteiger partial charge in [0, 0.05) is 10.9 Å². The minimum absolute atomic E-state index is 0.258. The molecule has 3 rings (SSSR count). The summed E-state index contributed by atoms with van der Waals surface area (Å²) in [6.45, 7) is 11.5. The average Bonchev–Trinajstić information content (AvgIpc) is 3.02. The van der Waals surface area contributed by atoms with Crippen molar-refractivity contribution in [2.75, 3.05) is 4.90 Å². The normalized spacial score (nSPS) is 11.9. The number of carbonyl (C=O) groups is 1. The molecule has 0 fully saturated rings. The number of aryl methyl sites for hydroxylation is 3. The standard InChI is InChI=1S/C18H21BrClN5O2S/c1-9-12(28-11(3)21-9)8-24(17(26)27-18(4,5)6)14-7-13(20)22-16-15(19)10(2)23-25(14)16/h7H,8H2,1-6H3. The second-order valence-corrected chi connectivity index (χ2v) is 9.85. The molecule has 0 spiro atoms. The number of aromatic nitrogens is 4. The average molecular weight is 487 g/mol. The zero-order valence-electron chi connectivity index (χ0n) is 16.5. The van der Waals surface area contributed by atoms with Gasteiger partial charge in [0.1, 0.15) is 16.6 Å². The van der Waals surface area contributed by atoms with Crippen LogP contribution in [0.3, 0.4) is 0 Å². The second kappa shape index (κ2) is 7.61. The Labute approximate surface area is 180 Å². The van der Waals surface area contributed by atoms with Crippen molar-refractivity contribution in [3.8, 4) is 0 Å². The molecule has 10 heteroatoms. The first-order valence-corrected chi connectivity index (χ1v) is 10.6. The van der Waals surface area contributed by atoms with Crippen LogP contribution in [-0.4, -0.2) is 31.3 Å². The SMILES string of the molecule is Cc1nc(C)c(CN(C(=O)OC(C)(C)C)c2cc(Cl)nc3c(Br)c(C)nn23)s1. The molecule has 0 radical (unpaired) electrons. The van der Waals surface area contributed by atoms with E-state index in [2.05, 4.69) is 31.0 Å². The molecule has 1 amide bonds. The van der Waals surface area contributed by atoms with Crippen LogP contribution in [0.15, 0.2) is 10.5 Å². The van der Waals surface area contributed by atoms with E-state index in [4.69, 9.17) is 16.3 Å². The number of thiazole rings is 1. The number of hydrogen-bond donors (Lipinski definition) is 0. The van der Waals surface area contributed by atoms with Gasteiger partial charge < -0.3 is 4.74 Å². The monoisotopic (exact) mass is 485 g/mol. The Morgan fingerprint density at radius 2 is 1.96 bits per heavy atom. The topological polar surface area (TPSA) is 72.6 Å². The molecule has 0 saturated carbocycles. The molecule has 0 unspecified atom stereocenters. The summed E-state index contributed by atoms with van der Waals surface area (Å²) >= 11 is 11.3. The quantitative estimate of drug-likeness (QED) is 0.459. The molecule has 0 bridgehead atoms. The number of fused-ring (bicyclic) bond motifs is 1. The first kappa shape index (κ1) is 21.0. The first-order chi connectivity index (χ1) is 13.0. The first-order valence-electron chi connectivity index (χ1n) is 8.61. The Hall–Kier alpha value is -1.71. The van der Waals surface area contributed by atoms with Crippen molar-refractivity contribution < 1.29 is 9.53 Å². The third-order valence-electron chi connectivity index (χ3n) is 3.83. The fraction of sp³-hybridized carbons (Fsp3) is 0.444. The van der Waals surface area contributed by atoms with Crippen LogP contribution < -0.4 is 4.90 Å². The van der Waals surface area contributed by atoms with Crippen molar-refractivity contribution in [1.82, 2.24) is 19.6 Å². The molecule has 3 aromatic rings. The lowest BCUT2D eigenvalue weighted by Gasteiger charge is -2.27. The zero-order valence-corrected chi connectivity index (χ0v) is 19.7. The Kier molecular flexibility index (Phi) is 5.71. The van der Waals surface area contributed by atoms with Gasteiger partial charge in [0.25, 0.3) is 0 Å². The van der Waals surface area contributed by atoms with Crippen molar-refractivity contribution in [3.63, 3.8) is 0 Å². The smallest absolute Gasteiger partial charge is 0.416 e. The van der Waals surface area contributed by atoms with Crippen molar-refractivity contribution in [2.45, 2.75) is 53.7 Å². The molecule has 0 N–H and O–H groups in total. The molecule has 0 aliphatic heterocycles. The van der Waals surface area contributed by atoms with Crippen LogP contribution in [0.2, 0.25) is 5.15 Å². The minimum atomic E-state index is -0.648. The highest BCUT2D eigenvalue weighted by molar-refractivity contribution is 9.10. The lowest BCUT2D eigenvalue weighted by Crippen LogP contribution is -2.37. The molecule has 3 aromatic heterocycles. The summed E-state index contributed by atoms with van der Waals surface area (Å²) in [5.41, 5.74) is 1.51. The van der Waals surface area contributed by atoms with Crippen molar-refractivity contribution in [3.05, 3.63) is 37.0 Å². The van der Waals surface area contributed by atoms with E-state index < -0.39 is 11.7 Å². The number of rotatable bonds is 3. The molecule has 150 valence electrons. The van der Waals surface area contributed by atoms with E-state index in [-0.39, 0.29) is 11.7 Å². The highest BCUT2D eigenvalue weighted by atomic mass is 79.9. The maximum atomic E-state index is 13.1. The van der Waals surface area contributed by atoms with E-state index in [0.717, 1.165) is 25.7 Å². The predicted molar refractivity (Wildman–Crippen MR) is 114 cm³/mol. The second-order valence-electron chi connectivity index (χ2n) is 7.38. The van der Waals surface area contributed by atoms with Crippen molar-refractivity contribution in [1.29, 1.82) is 0 Å². The van der Waals surface area contributed by atoms with Crippen LogP contribution in [0, 0.1) is 20.8 Å². The van der Waals surface area contributed by atoms with Gasteiger partial charge in [-0.3, -0.25) is 4.90 Å². The lowest BCUT2D eigenvalue weighted by atomic mass is 10.2. The van der Waals surface area contributed by atoms with E-state index >= 15 is 0 Å². The summed E-state index contributed by atoms with van der Waals surface area (Å²) in [4.78, 5) is 24.4. The van der Waals surface area contributed by atoms with Gasteiger partial charge in [0.2, 0.25) is 0 Å². The summed E-state index contributed by atoms with van der Waals surface area (Å²) in [7, 11) is 0. The Morgan fingerprint density at radius 1 is 1.29 bits per heavy atom. The number of hydrogen-bond acceptors (Lipinski definition) is 6. The lowest BCUT2D eigenvalue weighted by molar-refractivity contribution is 0.0576. The van der Waals surface area contributed by atoms with Crippen LogP contribution in [-0.2, 0) is 11.3 Å². The molecular formula is C18H21BrClN5O2S. The van der Waals surface area contributed by atoms with Crippen LogP contribution in [0.1, 0.15) is 42.0 Å². The predicted octanol–water partition coefficient (Wildman–Crippen LogP) is 5.47. The molecule has 0 atom stereocenters. The molecule has 0 aromatic carbocycles. The van der Waals surface area contributed by atoms with Gasteiger partial charge in [-0.2, -0.15) is 9.61 Å². The van der Waals surface area contributed by atoms with Gasteiger partial charge in [-0.15, -0.1) is 11.3 Å². The summed E-state index contributed by atoms with van der Waals surface area (Å²) in [5.74, 6) is 0.475. The summed E-state index contributed by atoms with van der Waals surface area (Å²) in [5, 5.41) is 5.71. The van der Waals surface area contributed by atoms with E-state index in [1.165, 1.54) is 4.90 Å². The van der Waals surface area contributed by atoms with Crippen LogP contribution in [0.5, 0.6) is 0 Å². The van der Waals surface area contributed by atoms with Crippen LogP contribution >= 0.6 is 38.9 Å². The van der Waals surface area contributed by atoms with Crippen molar-refractivity contribution in [2.24, 2.45) is 0 Å². The number of halogens is 2. The zero-order chi connectivity index (χ0) is 20.8. The molecular weight excluding hydrogens is 466 g/mol. The molecule has 3 heterocycles. The number of carbonyl (C=O) groups excluding carboxylic acids is 1. The van der Waals surface area contributed by atoms with Crippen LogP contribution in [0.4, 0.5) is 10.6 Å². The van der Waals surface area contributed by atoms with Gasteiger partial charge in [-0.05, 0) is 57.5 Å². The van der Waals surface area contributed by atoms with E-state index in [1.54, 1.807) is 21.9 Å². The molecule has 7 nitrogen and oxygen atoms in total. The van der Waals surface area contributed by atoms with Gasteiger partial charge >= 0.3 is 6.09 Å². The highest BCUT2D eigenvalue weighted by Crippen LogP contribution is 2.30. The maximum absolute atomic E-state index is 13.1. The summed E-state index contributed by atoms with van der Waals surface area (Å²) in [6, 6.07) is 1.61. The Morgan fingerprint density at radius 3 is 2.54 bits per heavy atom. The molecule has 0 aliphatic rings. The van der Waals surface area contributed by atoms with Gasteiger partial charge in [-0.1, -0.05) is 11.6 Å². The van der Waals surface area contributed by atoms with E-state index in [0.29, 0.717) is 11.5 Å². The fourth-order valence-electron chi connectivity index (χ4n) is 2.67. The molecule has 0 aliphatic carbocycles. The highest BCUT2D eigenvalue weighted by Gasteiger charge is 2.28. The fourth-order valence-corrected chi connectivity index (χ4v) is 4.11. The van der Waals surface area contributed by atoms with E-state index in [1.807, 2.05) is 41.5 Å². The minimum Gasteiger partial charge on any atom is -0.443 e. The third kappa shape index (κ3) is 4.31. The number of anilines is 1. The summed E-state index contributed by atoms with van der Waals surface area (Å²) < 4.78 is 7.98. The Balaban J connectivity index is 2.16. The maximum Gasteiger partial charge on any atom is 0.416 e. The molecule has 0 saturated heterocycles. The van der Waals surface area contributed by atoms with Gasteiger partial charge in [0.05, 0.1) is 27.4 Å². The van der Waals surface area contributed by atoms with Crippen LogP contribution in [0.25, 0.3) is 5.65 Å². The largest absolute Gasteiger partial charge is 0.443 e. The van der Waals surface area contributed by atoms with E-state index in [9.17, 15) is 4.79 Å². The number of ether oxygens (including phenoxy) is 1. The van der Waals surface area contributed by atoms with Crippen molar-refractivity contribution >= 4 is 56.4 Å². The van der Waals surface area contributed by atoms with Gasteiger partial charge in [-0.25, -0.2) is 14.8 Å². The number of nitrogens with zero attached hydrogens (tertiary/aromatic N) is 5.